The smallest absolute Gasteiger partial charge is 0.0654 e. The summed E-state index contributed by atoms with van der Waals surface area (Å²) in [5, 5.41) is 0. The molecule has 0 amide bonds. The molecule has 0 aromatic heterocycles. The van der Waals surface area contributed by atoms with Crippen molar-refractivity contribution in [3.63, 3.8) is 0 Å². The third-order valence-corrected chi connectivity index (χ3v) is 20.4. The standard InChI is InChI=1S/C58H121P/c1-5-9-13-17-21-25-29-33-34-38-42-46-50-54-58-59(55-51-47-43-39-35-30-26-22-18-14-10-6-2,56-52-48-44-40-36-31-27-23-19-15-11-7-3)57-53-49-45-41-37-32-28-24-20-16-12-8-4/h59H,5-58H2,1-4H3. The molecule has 0 saturated heterocycles. The molecule has 0 saturated carbocycles. The van der Waals surface area contributed by atoms with E-state index in [1.807, 2.05) is 0 Å². The number of hydrogen-bond donors (Lipinski definition) is 0. The Balaban J connectivity index is 4.90. The van der Waals surface area contributed by atoms with Crippen molar-refractivity contribution in [1.29, 1.82) is 0 Å². The van der Waals surface area contributed by atoms with Gasteiger partial charge in [-0.2, -0.15) is 0 Å². The van der Waals surface area contributed by atoms with Gasteiger partial charge in [0.2, 0.25) is 0 Å². The molecular formula is C58H121P. The van der Waals surface area contributed by atoms with Gasteiger partial charge in [-0.3, -0.25) is 0 Å². The van der Waals surface area contributed by atoms with Crippen LogP contribution >= 0.6 is 7.26 Å². The molecule has 0 spiro atoms. The maximum absolute atomic E-state index is 2.34. The number of rotatable bonds is 54. The van der Waals surface area contributed by atoms with Gasteiger partial charge >= 0.3 is 314 Å². The number of unbranched alkanes of at least 4 members (excludes halogenated alkanes) is 46. The van der Waals surface area contributed by atoms with Crippen molar-refractivity contribution in [2.24, 2.45) is 0 Å². The van der Waals surface area contributed by atoms with E-state index in [1.54, 1.807) is 76.0 Å². The second kappa shape index (κ2) is 52.8. The van der Waals surface area contributed by atoms with Crippen LogP contribution in [0.4, 0.5) is 0 Å². The molecule has 0 radical (unpaired) electrons. The Morgan fingerprint density at radius 2 is 0.237 bits per heavy atom. The Hall–Kier alpha value is 0.430. The molecule has 0 aromatic rings. The van der Waals surface area contributed by atoms with Crippen LogP contribution in [0.3, 0.4) is 0 Å². The molecule has 0 heterocycles. The van der Waals surface area contributed by atoms with Crippen LogP contribution < -0.4 is 0 Å². The van der Waals surface area contributed by atoms with E-state index in [9.17, 15) is 0 Å². The van der Waals surface area contributed by atoms with Crippen LogP contribution in [0.25, 0.3) is 0 Å². The Bertz CT molecular complexity index is 645. The molecule has 0 aliphatic heterocycles. The molecule has 0 nitrogen and oxygen atoms in total. The van der Waals surface area contributed by atoms with Crippen LogP contribution in [-0.4, -0.2) is 24.6 Å². The third-order valence-electron chi connectivity index (χ3n) is 14.7. The van der Waals surface area contributed by atoms with E-state index in [0.717, 1.165) is 0 Å². The molecule has 0 aromatic carbocycles. The molecular weight excluding hydrogens is 728 g/mol. The van der Waals surface area contributed by atoms with Gasteiger partial charge in [0, 0.05) is 0 Å². The Labute approximate surface area is 379 Å². The fourth-order valence-corrected chi connectivity index (χ4v) is 16.0. The van der Waals surface area contributed by atoms with Gasteiger partial charge in [-0.15, -0.1) is 0 Å². The van der Waals surface area contributed by atoms with Crippen molar-refractivity contribution in [3.05, 3.63) is 0 Å². The van der Waals surface area contributed by atoms with E-state index in [4.69, 9.17) is 0 Å². The van der Waals surface area contributed by atoms with Gasteiger partial charge in [0.25, 0.3) is 0 Å². The van der Waals surface area contributed by atoms with Crippen LogP contribution in [-0.2, 0) is 0 Å². The summed E-state index contributed by atoms with van der Waals surface area (Å²) in [5.74, 6) is 0. The minimum atomic E-state index is -1.19. The fraction of sp³-hybridized carbons (Fsp3) is 1.00. The van der Waals surface area contributed by atoms with Gasteiger partial charge in [-0.25, -0.2) is 0 Å². The van der Waals surface area contributed by atoms with Gasteiger partial charge in [0.1, 0.15) is 0 Å². The summed E-state index contributed by atoms with van der Waals surface area (Å²) in [6.07, 6.45) is 81.5. The summed E-state index contributed by atoms with van der Waals surface area (Å²) in [5.41, 5.74) is 0. The summed E-state index contributed by atoms with van der Waals surface area (Å²) in [6, 6.07) is 0. The molecule has 0 aliphatic carbocycles. The first-order valence-corrected chi connectivity index (χ1v) is 32.1. The van der Waals surface area contributed by atoms with E-state index >= 15 is 0 Å². The van der Waals surface area contributed by atoms with Crippen molar-refractivity contribution in [2.75, 3.05) is 24.6 Å². The van der Waals surface area contributed by atoms with Gasteiger partial charge in [-0.05, 0) is 0 Å². The molecule has 0 fully saturated rings. The first-order chi connectivity index (χ1) is 29.2. The molecule has 0 bridgehead atoms. The maximum atomic E-state index is 2.34. The summed E-state index contributed by atoms with van der Waals surface area (Å²) in [6.45, 7) is 9.35. The second-order valence-corrected chi connectivity index (χ2v) is 25.8. The first-order valence-electron chi connectivity index (χ1n) is 29.2. The average Bonchev–Trinajstić information content (AvgIpc) is 3.24. The summed E-state index contributed by atoms with van der Waals surface area (Å²) < 4.78 is 0. The molecule has 1 heteroatoms. The van der Waals surface area contributed by atoms with Crippen LogP contribution in [0.1, 0.15) is 349 Å². The van der Waals surface area contributed by atoms with Crippen molar-refractivity contribution >= 4 is 7.26 Å². The van der Waals surface area contributed by atoms with E-state index in [2.05, 4.69) is 27.7 Å². The van der Waals surface area contributed by atoms with Gasteiger partial charge in [0.05, 0.1) is 0 Å². The predicted molar refractivity (Wildman–Crippen MR) is 281 cm³/mol. The predicted octanol–water partition coefficient (Wildman–Crippen LogP) is 22.3. The van der Waals surface area contributed by atoms with Crippen LogP contribution in [0.5, 0.6) is 0 Å². The SMILES string of the molecule is CCCCCCCCCCCCCCCC[PH](CCCCCCCCCCCCCC)(CCCCCCCCCCCCCC)CCCCCCCCCCCCCC. The fourth-order valence-electron chi connectivity index (χ4n) is 10.5. The Kier molecular flexibility index (Phi) is 53.2. The normalized spacial score (nSPS) is 12.3. The topological polar surface area (TPSA) is 0 Å². The zero-order valence-electron chi connectivity index (χ0n) is 42.7. The van der Waals surface area contributed by atoms with Gasteiger partial charge in [0.15, 0.2) is 0 Å². The quantitative estimate of drug-likeness (QED) is 0.0423. The van der Waals surface area contributed by atoms with Crippen LogP contribution in [0.2, 0.25) is 0 Å². The van der Waals surface area contributed by atoms with E-state index in [1.165, 1.54) is 270 Å². The van der Waals surface area contributed by atoms with E-state index in [-0.39, 0.29) is 0 Å². The van der Waals surface area contributed by atoms with Crippen LogP contribution in [0.15, 0.2) is 0 Å². The second-order valence-electron chi connectivity index (χ2n) is 20.8. The zero-order valence-corrected chi connectivity index (χ0v) is 43.7. The summed E-state index contributed by atoms with van der Waals surface area (Å²) >= 11 is 0. The minimum Gasteiger partial charge on any atom is -0.0654 e. The molecule has 0 atom stereocenters. The van der Waals surface area contributed by atoms with Crippen LogP contribution in [0, 0.1) is 0 Å². The Morgan fingerprint density at radius 3 is 0.356 bits per heavy atom. The molecule has 0 aliphatic rings. The molecule has 358 valence electrons. The van der Waals surface area contributed by atoms with Gasteiger partial charge in [-0.1, -0.05) is 66.2 Å². The van der Waals surface area contributed by atoms with Crippen molar-refractivity contribution in [3.8, 4) is 0 Å². The first kappa shape index (κ1) is 59.4. The molecule has 59 heavy (non-hydrogen) atoms. The molecule has 0 unspecified atom stereocenters. The molecule has 0 rings (SSSR count). The summed E-state index contributed by atoms with van der Waals surface area (Å²) in [4.78, 5) is 0. The zero-order chi connectivity index (χ0) is 42.7. The van der Waals surface area contributed by atoms with E-state index in [0.29, 0.717) is 0 Å². The van der Waals surface area contributed by atoms with E-state index < -0.39 is 7.26 Å². The third kappa shape index (κ3) is 47.7. The van der Waals surface area contributed by atoms with Crippen molar-refractivity contribution < 1.29 is 0 Å². The van der Waals surface area contributed by atoms with Crippen molar-refractivity contribution in [2.45, 2.75) is 349 Å². The Morgan fingerprint density at radius 1 is 0.136 bits per heavy atom. The monoisotopic (exact) mass is 849 g/mol. The number of hydrogen-bond acceptors (Lipinski definition) is 0. The van der Waals surface area contributed by atoms with Gasteiger partial charge < -0.3 is 0 Å². The average molecular weight is 850 g/mol. The molecule has 0 N–H and O–H groups in total. The minimum absolute atomic E-state index is 1.19. The van der Waals surface area contributed by atoms with Crippen molar-refractivity contribution in [1.82, 2.24) is 0 Å². The summed E-state index contributed by atoms with van der Waals surface area (Å²) in [7, 11) is -1.19.